The summed E-state index contributed by atoms with van der Waals surface area (Å²) in [5.74, 6) is 0.702. The van der Waals surface area contributed by atoms with Gasteiger partial charge >= 0.3 is 0 Å². The van der Waals surface area contributed by atoms with Crippen LogP contribution in [0.2, 0.25) is 0 Å². The Balaban J connectivity index is 0.999. The van der Waals surface area contributed by atoms with Crippen molar-refractivity contribution in [1.82, 2.24) is 9.97 Å². The molecule has 0 spiro atoms. The summed E-state index contributed by atoms with van der Waals surface area (Å²) in [5.41, 5.74) is 16.9. The largest absolute Gasteiger partial charge is 0.228 e. The number of fused-ring (bicyclic) bond motifs is 9. The van der Waals surface area contributed by atoms with Gasteiger partial charge in [-0.05, 0) is 106 Å². The van der Waals surface area contributed by atoms with Gasteiger partial charge in [-0.15, -0.1) is 0 Å². The molecule has 0 N–H and O–H groups in total. The van der Waals surface area contributed by atoms with E-state index in [4.69, 9.17) is 9.97 Å². The van der Waals surface area contributed by atoms with Gasteiger partial charge in [0.15, 0.2) is 5.82 Å². The summed E-state index contributed by atoms with van der Waals surface area (Å²) < 4.78 is 0. The maximum atomic E-state index is 5.27. The Morgan fingerprint density at radius 2 is 0.731 bits per heavy atom. The molecule has 0 fully saturated rings. The molecule has 0 saturated heterocycles. The van der Waals surface area contributed by atoms with Crippen molar-refractivity contribution in [3.63, 3.8) is 0 Å². The number of hydrogen-bond acceptors (Lipinski definition) is 2. The number of rotatable bonds is 7. The third-order valence-electron chi connectivity index (χ3n) is 14.0. The van der Waals surface area contributed by atoms with Crippen LogP contribution >= 0.6 is 0 Å². The zero-order chi connectivity index (χ0) is 44.3. The Labute approximate surface area is 390 Å². The topological polar surface area (TPSA) is 25.8 Å². The van der Waals surface area contributed by atoms with Crippen LogP contribution in [0.3, 0.4) is 0 Å². The van der Waals surface area contributed by atoms with Gasteiger partial charge in [-0.25, -0.2) is 9.97 Å². The molecule has 0 bridgehead atoms. The predicted octanol–water partition coefficient (Wildman–Crippen LogP) is 16.6. The van der Waals surface area contributed by atoms with E-state index >= 15 is 0 Å². The zero-order valence-corrected chi connectivity index (χ0v) is 36.6. The van der Waals surface area contributed by atoms with Crippen LogP contribution < -0.4 is 0 Å². The summed E-state index contributed by atoms with van der Waals surface area (Å²) in [4.78, 5) is 10.4. The third-order valence-corrected chi connectivity index (χ3v) is 14.0. The molecule has 0 saturated carbocycles. The molecule has 1 aromatic heterocycles. The van der Waals surface area contributed by atoms with Crippen molar-refractivity contribution in [1.29, 1.82) is 0 Å². The Kier molecular flexibility index (Phi) is 9.11. The first-order chi connectivity index (χ1) is 33.2. The van der Waals surface area contributed by atoms with Crippen molar-refractivity contribution in [2.45, 2.75) is 5.41 Å². The van der Waals surface area contributed by atoms with Gasteiger partial charge in [0.2, 0.25) is 0 Å². The number of aromatic nitrogens is 2. The fourth-order valence-corrected chi connectivity index (χ4v) is 10.9. The average Bonchev–Trinajstić information content (AvgIpc) is 3.72. The van der Waals surface area contributed by atoms with Crippen molar-refractivity contribution in [3.05, 3.63) is 277 Å². The molecular formula is C65H42N2. The monoisotopic (exact) mass is 850 g/mol. The number of nitrogens with zero attached hydrogens (tertiary/aromatic N) is 2. The maximum absolute atomic E-state index is 5.27. The summed E-state index contributed by atoms with van der Waals surface area (Å²) in [6, 6.07) is 92.5. The summed E-state index contributed by atoms with van der Waals surface area (Å²) in [5, 5.41) is 7.35. The van der Waals surface area contributed by atoms with Crippen molar-refractivity contribution in [2.75, 3.05) is 0 Å². The lowest BCUT2D eigenvalue weighted by Crippen LogP contribution is -2.28. The zero-order valence-electron chi connectivity index (χ0n) is 36.6. The van der Waals surface area contributed by atoms with Gasteiger partial charge in [-0.1, -0.05) is 237 Å². The van der Waals surface area contributed by atoms with Gasteiger partial charge in [0.05, 0.1) is 16.8 Å². The highest BCUT2D eigenvalue weighted by atomic mass is 14.9. The van der Waals surface area contributed by atoms with E-state index in [2.05, 4.69) is 237 Å². The van der Waals surface area contributed by atoms with E-state index in [0.29, 0.717) is 5.82 Å². The minimum atomic E-state index is -0.447. The molecule has 11 aromatic carbocycles. The molecule has 12 aromatic rings. The molecule has 312 valence electrons. The smallest absolute Gasteiger partial charge is 0.160 e. The highest BCUT2D eigenvalue weighted by Gasteiger charge is 2.46. The summed E-state index contributed by atoms with van der Waals surface area (Å²) in [6.45, 7) is 0. The molecule has 67 heavy (non-hydrogen) atoms. The van der Waals surface area contributed by atoms with Crippen LogP contribution in [-0.2, 0) is 5.41 Å². The second-order valence-corrected chi connectivity index (χ2v) is 17.6. The van der Waals surface area contributed by atoms with E-state index in [9.17, 15) is 0 Å². The molecule has 1 aliphatic rings. The lowest BCUT2D eigenvalue weighted by molar-refractivity contribution is 0.768. The van der Waals surface area contributed by atoms with Crippen LogP contribution in [-0.4, -0.2) is 9.97 Å². The minimum Gasteiger partial charge on any atom is -0.228 e. The van der Waals surface area contributed by atoms with Crippen LogP contribution in [0.1, 0.15) is 22.3 Å². The van der Waals surface area contributed by atoms with Crippen molar-refractivity contribution in [2.24, 2.45) is 0 Å². The van der Waals surface area contributed by atoms with Crippen LogP contribution in [0.15, 0.2) is 255 Å². The second kappa shape index (κ2) is 15.8. The fraction of sp³-hybridized carbons (Fsp3) is 0.0154. The van der Waals surface area contributed by atoms with Crippen LogP contribution in [0.4, 0.5) is 0 Å². The van der Waals surface area contributed by atoms with Crippen LogP contribution in [0.25, 0.3) is 99.6 Å². The second-order valence-electron chi connectivity index (χ2n) is 17.6. The maximum Gasteiger partial charge on any atom is 0.160 e. The van der Waals surface area contributed by atoms with E-state index in [-0.39, 0.29) is 0 Å². The standard InChI is InChI=1S/C65H42N2/c1-5-18-43(19-6-1)44-32-34-45(35-33-44)61-42-62(67-64(66-61)46-20-7-2-8-21-46)48-36-38-56-57(41-48)53-27-14-13-26-52(53)55-30-17-29-51(63(55)56)47-37-39-60-58(40-47)54-28-15-16-31-59(54)65(60,49-22-9-3-10-23-49)50-24-11-4-12-25-50/h1-42H. The van der Waals surface area contributed by atoms with Gasteiger partial charge in [-0.2, -0.15) is 0 Å². The van der Waals surface area contributed by atoms with Gasteiger partial charge in [0, 0.05) is 16.7 Å². The van der Waals surface area contributed by atoms with E-state index in [1.165, 1.54) is 88.0 Å². The van der Waals surface area contributed by atoms with Crippen molar-refractivity contribution < 1.29 is 0 Å². The quantitative estimate of drug-likeness (QED) is 0.149. The molecule has 1 heterocycles. The minimum absolute atomic E-state index is 0.447. The predicted molar refractivity (Wildman–Crippen MR) is 279 cm³/mol. The van der Waals surface area contributed by atoms with Crippen LogP contribution in [0, 0.1) is 0 Å². The average molecular weight is 851 g/mol. The first-order valence-electron chi connectivity index (χ1n) is 23.1. The number of hydrogen-bond donors (Lipinski definition) is 0. The molecule has 0 amide bonds. The van der Waals surface area contributed by atoms with E-state index < -0.39 is 5.41 Å². The van der Waals surface area contributed by atoms with E-state index in [1.54, 1.807) is 0 Å². The van der Waals surface area contributed by atoms with Crippen LogP contribution in [0.5, 0.6) is 0 Å². The Bertz CT molecular complexity index is 3780. The summed E-state index contributed by atoms with van der Waals surface area (Å²) in [7, 11) is 0. The summed E-state index contributed by atoms with van der Waals surface area (Å²) in [6.07, 6.45) is 0. The molecule has 0 unspecified atom stereocenters. The SMILES string of the molecule is c1ccc(-c2ccc(-c3cc(-c4ccc5c(c4)c4ccccc4c4cccc(-c6ccc7c(c6)-c6ccccc6C7(c6ccccc6)c6ccccc6)c45)nc(-c4ccccc4)n3)cc2)cc1. The van der Waals surface area contributed by atoms with Gasteiger partial charge in [-0.3, -0.25) is 0 Å². The third kappa shape index (κ3) is 6.26. The fourth-order valence-electron chi connectivity index (χ4n) is 10.9. The molecule has 2 heteroatoms. The van der Waals surface area contributed by atoms with E-state index in [0.717, 1.165) is 28.1 Å². The van der Waals surface area contributed by atoms with Crippen molar-refractivity contribution >= 4 is 32.3 Å². The summed E-state index contributed by atoms with van der Waals surface area (Å²) >= 11 is 0. The number of benzene rings is 11. The normalized spacial score (nSPS) is 12.6. The molecule has 0 atom stereocenters. The molecule has 0 radical (unpaired) electrons. The lowest BCUT2D eigenvalue weighted by Gasteiger charge is -2.33. The molecule has 13 rings (SSSR count). The molecule has 1 aliphatic carbocycles. The Morgan fingerprint density at radius 3 is 1.43 bits per heavy atom. The Hall–Kier alpha value is -8.72. The molecule has 0 aliphatic heterocycles. The van der Waals surface area contributed by atoms with Gasteiger partial charge in [0.25, 0.3) is 0 Å². The Morgan fingerprint density at radius 1 is 0.254 bits per heavy atom. The van der Waals surface area contributed by atoms with Gasteiger partial charge in [0.1, 0.15) is 0 Å². The highest BCUT2D eigenvalue weighted by molar-refractivity contribution is 6.29. The first kappa shape index (κ1) is 38.7. The van der Waals surface area contributed by atoms with Gasteiger partial charge < -0.3 is 0 Å². The lowest BCUT2D eigenvalue weighted by atomic mass is 9.67. The first-order valence-corrected chi connectivity index (χ1v) is 23.1. The molecule has 2 nitrogen and oxygen atoms in total. The highest BCUT2D eigenvalue weighted by Crippen LogP contribution is 2.57. The van der Waals surface area contributed by atoms with E-state index in [1.807, 2.05) is 18.2 Å². The van der Waals surface area contributed by atoms with Crippen molar-refractivity contribution in [3.8, 4) is 67.3 Å². The molecular weight excluding hydrogens is 809 g/mol.